The molecule has 4 atom stereocenters. The lowest BCUT2D eigenvalue weighted by atomic mass is 9.76. The number of carbonyl (C=O) groups is 4. The first-order valence-electron chi connectivity index (χ1n) is 10.6. The van der Waals surface area contributed by atoms with Crippen molar-refractivity contribution < 1.29 is 24.3 Å². The summed E-state index contributed by atoms with van der Waals surface area (Å²) in [5.74, 6) is -4.62. The minimum Gasteiger partial charge on any atom is -0.480 e. The molecule has 2 amide bonds. The Labute approximate surface area is 204 Å². The maximum absolute atomic E-state index is 13.8. The molecule has 0 radical (unpaired) electrons. The first kappa shape index (κ1) is 22.5. The van der Waals surface area contributed by atoms with Crippen molar-refractivity contribution in [1.82, 2.24) is 5.32 Å². The van der Waals surface area contributed by atoms with Gasteiger partial charge in [0.2, 0.25) is 11.8 Å². The highest BCUT2D eigenvalue weighted by atomic mass is 35.5. The number of anilines is 1. The number of thiophene rings is 1. The summed E-state index contributed by atoms with van der Waals surface area (Å²) < 4.78 is 0.495. The van der Waals surface area contributed by atoms with Crippen LogP contribution in [0.4, 0.5) is 5.69 Å². The minimum atomic E-state index is -1.81. The van der Waals surface area contributed by atoms with Crippen molar-refractivity contribution in [3.05, 3.63) is 87.1 Å². The number of carbonyl (C=O) groups excluding carboxylic acids is 3. The number of hydrogen-bond acceptors (Lipinski definition) is 6. The molecule has 2 fully saturated rings. The number of rotatable bonds is 5. The van der Waals surface area contributed by atoms with Gasteiger partial charge in [-0.15, -0.1) is 11.3 Å². The van der Waals surface area contributed by atoms with Gasteiger partial charge < -0.3 is 5.11 Å². The van der Waals surface area contributed by atoms with Gasteiger partial charge in [-0.1, -0.05) is 41.9 Å². The number of carboxylic acids is 1. The van der Waals surface area contributed by atoms with Crippen LogP contribution in [-0.4, -0.2) is 28.7 Å². The van der Waals surface area contributed by atoms with Crippen LogP contribution >= 0.6 is 22.9 Å². The molecule has 7 nitrogen and oxygen atoms in total. The quantitative estimate of drug-likeness (QED) is 0.410. The number of halogens is 1. The Morgan fingerprint density at radius 3 is 2.24 bits per heavy atom. The van der Waals surface area contributed by atoms with Crippen LogP contribution in [0.15, 0.2) is 66.7 Å². The molecule has 0 bridgehead atoms. The normalized spacial score (nSPS) is 26.1. The summed E-state index contributed by atoms with van der Waals surface area (Å²) in [6.45, 7) is 1.43. The summed E-state index contributed by atoms with van der Waals surface area (Å²) >= 11 is 7.38. The summed E-state index contributed by atoms with van der Waals surface area (Å²) in [5.41, 5.74) is -0.685. The van der Waals surface area contributed by atoms with Crippen LogP contribution in [0.1, 0.15) is 33.8 Å². The maximum atomic E-state index is 13.8. The average Bonchev–Trinajstić information content (AvgIpc) is 3.48. The van der Waals surface area contributed by atoms with E-state index in [9.17, 15) is 24.3 Å². The average molecular weight is 495 g/mol. The molecular formula is C25H19ClN2O5S. The van der Waals surface area contributed by atoms with Crippen LogP contribution in [0, 0.1) is 11.8 Å². The molecule has 34 heavy (non-hydrogen) atoms. The molecule has 2 aliphatic heterocycles. The fourth-order valence-corrected chi connectivity index (χ4v) is 6.19. The molecule has 4 unspecified atom stereocenters. The van der Waals surface area contributed by atoms with Crippen LogP contribution in [0.2, 0.25) is 4.34 Å². The second kappa shape index (κ2) is 8.16. The fourth-order valence-electron chi connectivity index (χ4n) is 5.03. The summed E-state index contributed by atoms with van der Waals surface area (Å²) in [7, 11) is 0. The van der Waals surface area contributed by atoms with E-state index in [4.69, 9.17) is 11.6 Å². The lowest BCUT2D eigenvalue weighted by Crippen LogP contribution is -2.53. The number of nitrogens with one attached hydrogen (secondary N) is 1. The smallest absolute Gasteiger partial charge is 0.329 e. The van der Waals surface area contributed by atoms with Crippen molar-refractivity contribution in [3.8, 4) is 0 Å². The van der Waals surface area contributed by atoms with Gasteiger partial charge in [-0.2, -0.15) is 0 Å². The molecule has 9 heteroatoms. The van der Waals surface area contributed by atoms with Crippen molar-refractivity contribution in [1.29, 1.82) is 0 Å². The van der Waals surface area contributed by atoms with Gasteiger partial charge in [0.15, 0.2) is 11.3 Å². The van der Waals surface area contributed by atoms with Gasteiger partial charge in [-0.25, -0.2) is 9.69 Å². The van der Waals surface area contributed by atoms with Crippen LogP contribution < -0.4 is 10.2 Å². The Kier molecular flexibility index (Phi) is 5.39. The predicted octanol–water partition coefficient (Wildman–Crippen LogP) is 4.03. The number of amides is 2. The number of aliphatic carboxylic acids is 1. The van der Waals surface area contributed by atoms with Crippen molar-refractivity contribution in [2.24, 2.45) is 11.8 Å². The second-order valence-electron chi connectivity index (χ2n) is 8.36. The van der Waals surface area contributed by atoms with Crippen molar-refractivity contribution in [3.63, 3.8) is 0 Å². The molecule has 3 heterocycles. The lowest BCUT2D eigenvalue weighted by Gasteiger charge is -2.31. The molecule has 2 aromatic carbocycles. The second-order valence-corrected chi connectivity index (χ2v) is 10.1. The van der Waals surface area contributed by atoms with Gasteiger partial charge in [0.05, 0.1) is 27.9 Å². The van der Waals surface area contributed by atoms with E-state index >= 15 is 0 Å². The van der Waals surface area contributed by atoms with E-state index in [1.807, 2.05) is 0 Å². The Balaban J connectivity index is 1.68. The van der Waals surface area contributed by atoms with E-state index in [2.05, 4.69) is 5.32 Å². The van der Waals surface area contributed by atoms with Crippen molar-refractivity contribution in [2.45, 2.75) is 18.5 Å². The van der Waals surface area contributed by atoms with Crippen molar-refractivity contribution in [2.75, 3.05) is 4.90 Å². The van der Waals surface area contributed by atoms with Crippen LogP contribution in [0.3, 0.4) is 0 Å². The SMILES string of the molecule is CC(=O)c1ccc(N2C(=O)C3C(c4ccc(Cl)s4)NC(C(=O)O)(c4ccccc4)C3C2=O)cc1. The van der Waals surface area contributed by atoms with E-state index in [1.54, 1.807) is 54.6 Å². The molecule has 0 saturated carbocycles. The maximum Gasteiger partial charge on any atom is 0.329 e. The molecular weight excluding hydrogens is 476 g/mol. The zero-order valence-electron chi connectivity index (χ0n) is 17.9. The lowest BCUT2D eigenvalue weighted by molar-refractivity contribution is -0.149. The van der Waals surface area contributed by atoms with Crippen LogP contribution in [-0.2, 0) is 19.9 Å². The van der Waals surface area contributed by atoms with E-state index in [0.29, 0.717) is 26.0 Å². The standard InChI is InChI=1S/C25H19ClN2O5S/c1-13(29)14-7-9-16(10-8-14)28-22(30)19-20(23(28)31)25(24(32)33,15-5-3-2-4-6-15)27-21(19)17-11-12-18(26)34-17/h2-12,19-21,27H,1H3,(H,32,33). The molecule has 2 saturated heterocycles. The fraction of sp³-hybridized carbons (Fsp3) is 0.200. The number of Topliss-reactive ketones (excluding diaryl/α,β-unsaturated/α-hetero) is 1. The summed E-state index contributed by atoms with van der Waals surface area (Å²) in [6, 6.07) is 17.3. The first-order valence-corrected chi connectivity index (χ1v) is 11.8. The number of carboxylic acid groups (broad SMARTS) is 1. The monoisotopic (exact) mass is 494 g/mol. The first-order chi connectivity index (χ1) is 16.3. The number of nitrogens with zero attached hydrogens (tertiary/aromatic N) is 1. The number of fused-ring (bicyclic) bond motifs is 1. The third kappa shape index (κ3) is 3.21. The largest absolute Gasteiger partial charge is 0.480 e. The highest BCUT2D eigenvalue weighted by Gasteiger charge is 2.69. The molecule has 0 aliphatic carbocycles. The van der Waals surface area contributed by atoms with Crippen LogP contribution in [0.5, 0.6) is 0 Å². The summed E-state index contributed by atoms with van der Waals surface area (Å²) in [5, 5.41) is 13.6. The van der Waals surface area contributed by atoms with E-state index in [-0.39, 0.29) is 5.78 Å². The number of ketones is 1. The highest BCUT2D eigenvalue weighted by Crippen LogP contribution is 2.54. The molecule has 0 spiro atoms. The van der Waals surface area contributed by atoms with Gasteiger partial charge in [-0.05, 0) is 48.9 Å². The Morgan fingerprint density at radius 1 is 1.00 bits per heavy atom. The van der Waals surface area contributed by atoms with Gasteiger partial charge in [-0.3, -0.25) is 19.7 Å². The number of imide groups is 1. The highest BCUT2D eigenvalue weighted by molar-refractivity contribution is 7.16. The predicted molar refractivity (Wildman–Crippen MR) is 127 cm³/mol. The zero-order valence-corrected chi connectivity index (χ0v) is 19.5. The third-order valence-electron chi connectivity index (χ3n) is 6.56. The van der Waals surface area contributed by atoms with Gasteiger partial charge in [0.25, 0.3) is 0 Å². The topological polar surface area (TPSA) is 104 Å². The molecule has 1 aromatic heterocycles. The van der Waals surface area contributed by atoms with E-state index < -0.39 is 41.2 Å². The number of benzene rings is 2. The third-order valence-corrected chi connectivity index (χ3v) is 7.87. The van der Waals surface area contributed by atoms with E-state index in [0.717, 1.165) is 4.90 Å². The number of hydrogen-bond donors (Lipinski definition) is 2. The molecule has 172 valence electrons. The van der Waals surface area contributed by atoms with Gasteiger partial charge in [0.1, 0.15) is 0 Å². The Morgan fingerprint density at radius 2 is 1.68 bits per heavy atom. The van der Waals surface area contributed by atoms with Crippen LogP contribution in [0.25, 0.3) is 0 Å². The Hall–Kier alpha value is -3.33. The molecule has 3 aromatic rings. The van der Waals surface area contributed by atoms with Gasteiger partial charge >= 0.3 is 5.97 Å². The minimum absolute atomic E-state index is 0.143. The molecule has 2 aliphatic rings. The molecule has 5 rings (SSSR count). The Bertz CT molecular complexity index is 1320. The zero-order chi connectivity index (χ0) is 24.2. The van der Waals surface area contributed by atoms with E-state index in [1.165, 1.54) is 30.4 Å². The summed E-state index contributed by atoms with van der Waals surface area (Å²) in [4.78, 5) is 53.8. The van der Waals surface area contributed by atoms with Crippen molar-refractivity contribution >= 4 is 52.2 Å². The summed E-state index contributed by atoms with van der Waals surface area (Å²) in [6.07, 6.45) is 0. The van der Waals surface area contributed by atoms with Gasteiger partial charge in [0, 0.05) is 10.4 Å². The molecule has 2 N–H and O–H groups in total.